The molecule has 0 aliphatic heterocycles. The highest BCUT2D eigenvalue weighted by atomic mass is 19.3. The standard InChI is InChI=1S/C23H21F3O3/c1-3-5-12-28-22-15-16-6-9-20(13-17(16)14-21(22)24)29-23(25,26)18-7-10-19(11-8-18)27-4-2/h3,5-11,13-15H,4,12H2,1-2H3/b5-3+. The second-order valence-corrected chi connectivity index (χ2v) is 6.25. The summed E-state index contributed by atoms with van der Waals surface area (Å²) >= 11 is 0. The fourth-order valence-corrected chi connectivity index (χ4v) is 2.75. The number of halogens is 3. The highest BCUT2D eigenvalue weighted by Gasteiger charge is 2.34. The smallest absolute Gasteiger partial charge is 0.426 e. The molecule has 0 unspecified atom stereocenters. The van der Waals surface area contributed by atoms with Crippen molar-refractivity contribution in [2.24, 2.45) is 0 Å². The van der Waals surface area contributed by atoms with Gasteiger partial charge in [-0.3, -0.25) is 0 Å². The summed E-state index contributed by atoms with van der Waals surface area (Å²) in [6.07, 6.45) is 0.00317. The molecule has 0 saturated heterocycles. The van der Waals surface area contributed by atoms with Crippen LogP contribution in [0.5, 0.6) is 17.2 Å². The van der Waals surface area contributed by atoms with Crippen LogP contribution in [0.4, 0.5) is 13.2 Å². The molecule has 0 aliphatic carbocycles. The second kappa shape index (κ2) is 8.90. The van der Waals surface area contributed by atoms with E-state index in [4.69, 9.17) is 14.2 Å². The first kappa shape index (κ1) is 20.6. The summed E-state index contributed by atoms with van der Waals surface area (Å²) < 4.78 is 58.8. The van der Waals surface area contributed by atoms with Gasteiger partial charge in [-0.2, -0.15) is 8.78 Å². The van der Waals surface area contributed by atoms with E-state index >= 15 is 0 Å². The lowest BCUT2D eigenvalue weighted by atomic mass is 10.1. The van der Waals surface area contributed by atoms with Crippen LogP contribution in [-0.4, -0.2) is 13.2 Å². The van der Waals surface area contributed by atoms with Crippen molar-refractivity contribution in [1.82, 2.24) is 0 Å². The van der Waals surface area contributed by atoms with Gasteiger partial charge in [0, 0.05) is 0 Å². The molecule has 3 aromatic carbocycles. The molecule has 0 spiro atoms. The minimum absolute atomic E-state index is 0.0710. The third-order valence-electron chi connectivity index (χ3n) is 4.18. The van der Waals surface area contributed by atoms with Gasteiger partial charge in [0.25, 0.3) is 0 Å². The van der Waals surface area contributed by atoms with Crippen LogP contribution in [-0.2, 0) is 6.11 Å². The van der Waals surface area contributed by atoms with E-state index in [2.05, 4.69) is 0 Å². The van der Waals surface area contributed by atoms with Crippen molar-refractivity contribution in [1.29, 1.82) is 0 Å². The number of rotatable bonds is 8. The van der Waals surface area contributed by atoms with Gasteiger partial charge in [-0.15, -0.1) is 0 Å². The van der Waals surface area contributed by atoms with Crippen LogP contribution in [0, 0.1) is 5.82 Å². The Kier molecular flexibility index (Phi) is 6.32. The molecule has 0 aliphatic rings. The number of benzene rings is 3. The fraction of sp³-hybridized carbons (Fsp3) is 0.217. The fourth-order valence-electron chi connectivity index (χ4n) is 2.75. The number of ether oxygens (including phenoxy) is 3. The molecule has 0 saturated carbocycles. The quantitative estimate of drug-likeness (QED) is 0.405. The number of hydrogen-bond donors (Lipinski definition) is 0. The highest BCUT2D eigenvalue weighted by Crippen LogP contribution is 2.34. The number of hydrogen-bond acceptors (Lipinski definition) is 3. The van der Waals surface area contributed by atoms with E-state index in [1.807, 2.05) is 13.8 Å². The Hall–Kier alpha value is -3.15. The molecule has 6 heteroatoms. The van der Waals surface area contributed by atoms with Crippen molar-refractivity contribution >= 4 is 10.8 Å². The first-order valence-corrected chi connectivity index (χ1v) is 9.20. The zero-order valence-corrected chi connectivity index (χ0v) is 16.1. The Morgan fingerprint density at radius 1 is 0.897 bits per heavy atom. The van der Waals surface area contributed by atoms with Crippen LogP contribution < -0.4 is 14.2 Å². The Morgan fingerprint density at radius 3 is 2.31 bits per heavy atom. The van der Waals surface area contributed by atoms with Gasteiger partial charge < -0.3 is 14.2 Å². The molecular formula is C23H21F3O3. The molecule has 29 heavy (non-hydrogen) atoms. The average molecular weight is 402 g/mol. The predicted molar refractivity (Wildman–Crippen MR) is 106 cm³/mol. The van der Waals surface area contributed by atoms with Crippen LogP contribution in [0.25, 0.3) is 10.8 Å². The van der Waals surface area contributed by atoms with E-state index in [1.54, 1.807) is 18.2 Å². The van der Waals surface area contributed by atoms with E-state index in [0.717, 1.165) is 0 Å². The van der Waals surface area contributed by atoms with Gasteiger partial charge in [0.1, 0.15) is 18.1 Å². The number of alkyl halides is 2. The van der Waals surface area contributed by atoms with Crippen molar-refractivity contribution in [3.05, 3.63) is 78.1 Å². The van der Waals surface area contributed by atoms with E-state index in [-0.39, 0.29) is 23.7 Å². The van der Waals surface area contributed by atoms with Crippen LogP contribution >= 0.6 is 0 Å². The average Bonchev–Trinajstić information content (AvgIpc) is 2.69. The zero-order valence-electron chi connectivity index (χ0n) is 16.1. The zero-order chi connectivity index (χ0) is 20.9. The summed E-state index contributed by atoms with van der Waals surface area (Å²) in [5, 5.41) is 1.08. The molecule has 0 N–H and O–H groups in total. The Morgan fingerprint density at radius 2 is 1.62 bits per heavy atom. The van der Waals surface area contributed by atoms with E-state index in [1.165, 1.54) is 48.5 Å². The van der Waals surface area contributed by atoms with Gasteiger partial charge in [-0.1, -0.05) is 18.2 Å². The lowest BCUT2D eigenvalue weighted by molar-refractivity contribution is -0.185. The van der Waals surface area contributed by atoms with Crippen molar-refractivity contribution < 1.29 is 27.4 Å². The first-order chi connectivity index (χ1) is 13.9. The third-order valence-corrected chi connectivity index (χ3v) is 4.18. The van der Waals surface area contributed by atoms with E-state index in [9.17, 15) is 13.2 Å². The van der Waals surface area contributed by atoms with Gasteiger partial charge in [0.05, 0.1) is 12.2 Å². The van der Waals surface area contributed by atoms with Gasteiger partial charge >= 0.3 is 6.11 Å². The summed E-state index contributed by atoms with van der Waals surface area (Å²) in [6, 6.07) is 12.6. The molecular weight excluding hydrogens is 381 g/mol. The van der Waals surface area contributed by atoms with Crippen molar-refractivity contribution in [2.75, 3.05) is 13.2 Å². The molecule has 0 heterocycles. The van der Waals surface area contributed by atoms with Gasteiger partial charge in [-0.05, 0) is 73.2 Å². The highest BCUT2D eigenvalue weighted by molar-refractivity contribution is 5.85. The Labute approximate surface area is 167 Å². The molecule has 3 rings (SSSR count). The molecule has 0 bridgehead atoms. The minimum atomic E-state index is -3.55. The molecule has 0 aromatic heterocycles. The molecule has 0 fully saturated rings. The first-order valence-electron chi connectivity index (χ1n) is 9.20. The van der Waals surface area contributed by atoms with Crippen molar-refractivity contribution in [3.63, 3.8) is 0 Å². The maximum Gasteiger partial charge on any atom is 0.426 e. The molecule has 0 amide bonds. The Balaban J connectivity index is 1.81. The lowest BCUT2D eigenvalue weighted by Gasteiger charge is -2.19. The van der Waals surface area contributed by atoms with Crippen LogP contribution in [0.1, 0.15) is 19.4 Å². The normalized spacial score (nSPS) is 11.8. The summed E-state index contributed by atoms with van der Waals surface area (Å²) in [5.74, 6) is -0.0412. The monoisotopic (exact) mass is 402 g/mol. The molecule has 3 nitrogen and oxygen atoms in total. The van der Waals surface area contributed by atoms with Crippen LogP contribution in [0.2, 0.25) is 0 Å². The number of allylic oxidation sites excluding steroid dienone is 1. The maximum atomic E-state index is 14.5. The summed E-state index contributed by atoms with van der Waals surface area (Å²) in [6.45, 7) is 4.34. The largest absolute Gasteiger partial charge is 0.494 e. The molecule has 0 atom stereocenters. The molecule has 0 radical (unpaired) electrons. The van der Waals surface area contributed by atoms with Crippen molar-refractivity contribution in [3.8, 4) is 17.2 Å². The summed E-state index contributed by atoms with van der Waals surface area (Å²) in [7, 11) is 0. The number of fused-ring (bicyclic) bond motifs is 1. The second-order valence-electron chi connectivity index (χ2n) is 6.25. The Bertz CT molecular complexity index is 998. The third kappa shape index (κ3) is 5.02. The maximum absolute atomic E-state index is 14.5. The predicted octanol–water partition coefficient (Wildman–Crippen LogP) is 6.46. The van der Waals surface area contributed by atoms with E-state index in [0.29, 0.717) is 23.1 Å². The van der Waals surface area contributed by atoms with Gasteiger partial charge in [0.2, 0.25) is 0 Å². The summed E-state index contributed by atoms with van der Waals surface area (Å²) in [5.41, 5.74) is -0.306. The van der Waals surface area contributed by atoms with Gasteiger partial charge in [-0.25, -0.2) is 4.39 Å². The summed E-state index contributed by atoms with van der Waals surface area (Å²) in [4.78, 5) is 0. The molecule has 152 valence electrons. The lowest BCUT2D eigenvalue weighted by Crippen LogP contribution is -2.21. The SMILES string of the molecule is C/C=C/COc1cc2ccc(OC(F)(F)c3ccc(OCC)cc3)cc2cc1F. The van der Waals surface area contributed by atoms with Crippen molar-refractivity contribution in [2.45, 2.75) is 20.0 Å². The van der Waals surface area contributed by atoms with Crippen LogP contribution in [0.15, 0.2) is 66.7 Å². The molecule has 3 aromatic rings. The topological polar surface area (TPSA) is 27.7 Å². The van der Waals surface area contributed by atoms with Crippen LogP contribution in [0.3, 0.4) is 0 Å². The van der Waals surface area contributed by atoms with Gasteiger partial charge in [0.15, 0.2) is 11.6 Å². The minimum Gasteiger partial charge on any atom is -0.494 e. The van der Waals surface area contributed by atoms with E-state index < -0.39 is 11.9 Å².